The summed E-state index contributed by atoms with van der Waals surface area (Å²) in [7, 11) is 0. The van der Waals surface area contributed by atoms with Gasteiger partial charge in [-0.15, -0.1) is 0 Å². The van der Waals surface area contributed by atoms with E-state index in [1.807, 2.05) is 18.2 Å². The Hall–Kier alpha value is -3.09. The Bertz CT molecular complexity index is 1120. The van der Waals surface area contributed by atoms with Crippen LogP contribution in [-0.4, -0.2) is 25.0 Å². The van der Waals surface area contributed by atoms with Crippen molar-refractivity contribution in [1.29, 1.82) is 0 Å². The standard InChI is InChI=1S/C19H11Cl2N5O/c20-12-6-9(27)7-13(21)15(12)19-25-16-10-3-5-22-8-14(10)24-18-11(17(16)26-19)2-1-4-23-18/h1-8,27H,(H,23,24)(H,25,26). The van der Waals surface area contributed by atoms with Gasteiger partial charge in [-0.3, -0.25) is 4.98 Å². The van der Waals surface area contributed by atoms with Crippen LogP contribution in [0.4, 0.5) is 11.5 Å². The second-order valence-corrected chi connectivity index (χ2v) is 6.85. The Morgan fingerprint density at radius 2 is 1.81 bits per heavy atom. The first-order valence-corrected chi connectivity index (χ1v) is 8.82. The molecule has 5 rings (SSSR count). The number of H-pyrrole nitrogens is 1. The maximum absolute atomic E-state index is 9.70. The summed E-state index contributed by atoms with van der Waals surface area (Å²) < 4.78 is 0. The number of anilines is 2. The Kier molecular flexibility index (Phi) is 3.56. The molecule has 8 heteroatoms. The fourth-order valence-corrected chi connectivity index (χ4v) is 3.86. The van der Waals surface area contributed by atoms with E-state index in [0.717, 1.165) is 28.2 Å². The molecular formula is C19H11Cl2N5O. The topological polar surface area (TPSA) is 86.7 Å². The summed E-state index contributed by atoms with van der Waals surface area (Å²) in [5.74, 6) is 1.19. The summed E-state index contributed by atoms with van der Waals surface area (Å²) in [6, 6.07) is 8.57. The molecule has 0 amide bonds. The number of nitrogens with zero attached hydrogens (tertiary/aromatic N) is 3. The number of aromatic hydroxyl groups is 1. The van der Waals surface area contributed by atoms with Crippen LogP contribution in [0.1, 0.15) is 0 Å². The lowest BCUT2D eigenvalue weighted by atomic mass is 10.1. The van der Waals surface area contributed by atoms with Crippen LogP contribution in [0.5, 0.6) is 5.75 Å². The second kappa shape index (κ2) is 5.97. The second-order valence-electron chi connectivity index (χ2n) is 6.04. The predicted octanol–water partition coefficient (Wildman–Crippen LogP) is 5.27. The number of pyridine rings is 2. The molecule has 0 bridgehead atoms. The molecule has 0 saturated heterocycles. The smallest absolute Gasteiger partial charge is 0.141 e. The van der Waals surface area contributed by atoms with Gasteiger partial charge >= 0.3 is 0 Å². The van der Waals surface area contributed by atoms with Crippen molar-refractivity contribution in [2.24, 2.45) is 0 Å². The molecule has 0 radical (unpaired) electrons. The Balaban J connectivity index is 1.82. The molecule has 0 spiro atoms. The molecular weight excluding hydrogens is 385 g/mol. The normalized spacial score (nSPS) is 11.8. The first kappa shape index (κ1) is 16.1. The van der Waals surface area contributed by atoms with Crippen LogP contribution in [0, 0.1) is 0 Å². The highest BCUT2D eigenvalue weighted by Gasteiger charge is 2.25. The maximum atomic E-state index is 9.70. The van der Waals surface area contributed by atoms with E-state index in [-0.39, 0.29) is 5.75 Å². The highest BCUT2D eigenvalue weighted by Crippen LogP contribution is 2.44. The Morgan fingerprint density at radius 3 is 2.63 bits per heavy atom. The van der Waals surface area contributed by atoms with E-state index < -0.39 is 0 Å². The lowest BCUT2D eigenvalue weighted by Crippen LogP contribution is -1.95. The lowest BCUT2D eigenvalue weighted by Gasteiger charge is -2.08. The quantitative estimate of drug-likeness (QED) is 0.359. The van der Waals surface area contributed by atoms with E-state index in [1.165, 1.54) is 12.1 Å². The highest BCUT2D eigenvalue weighted by molar-refractivity contribution is 6.39. The van der Waals surface area contributed by atoms with E-state index >= 15 is 0 Å². The van der Waals surface area contributed by atoms with Gasteiger partial charge in [0.25, 0.3) is 0 Å². The summed E-state index contributed by atoms with van der Waals surface area (Å²) >= 11 is 12.7. The third-order valence-corrected chi connectivity index (χ3v) is 4.97. The predicted molar refractivity (Wildman–Crippen MR) is 105 cm³/mol. The SMILES string of the molecule is Oc1cc(Cl)c(-c2nc3c([nH]2)-c2ccncc2Nc2ncccc2-3)c(Cl)c1. The van der Waals surface area contributed by atoms with Crippen LogP contribution in [0.3, 0.4) is 0 Å². The van der Waals surface area contributed by atoms with Crippen molar-refractivity contribution in [3.8, 4) is 39.7 Å². The van der Waals surface area contributed by atoms with Gasteiger partial charge in [-0.2, -0.15) is 0 Å². The monoisotopic (exact) mass is 395 g/mol. The minimum Gasteiger partial charge on any atom is -0.508 e. The van der Waals surface area contributed by atoms with Crippen molar-refractivity contribution in [2.75, 3.05) is 5.32 Å². The molecule has 0 aliphatic carbocycles. The molecule has 1 aliphatic rings. The van der Waals surface area contributed by atoms with E-state index in [4.69, 9.17) is 28.2 Å². The lowest BCUT2D eigenvalue weighted by molar-refractivity contribution is 0.475. The van der Waals surface area contributed by atoms with Gasteiger partial charge in [-0.25, -0.2) is 9.97 Å². The third kappa shape index (κ3) is 2.53. The number of hydrogen-bond donors (Lipinski definition) is 3. The van der Waals surface area contributed by atoms with Crippen LogP contribution >= 0.6 is 23.2 Å². The van der Waals surface area contributed by atoms with Crippen LogP contribution in [0.15, 0.2) is 48.9 Å². The first-order valence-electron chi connectivity index (χ1n) is 8.07. The largest absolute Gasteiger partial charge is 0.508 e. The summed E-state index contributed by atoms with van der Waals surface area (Å²) in [4.78, 5) is 16.7. The Morgan fingerprint density at radius 1 is 1.00 bits per heavy atom. The average Bonchev–Trinajstić information content (AvgIpc) is 3.01. The molecule has 4 heterocycles. The molecule has 1 aromatic carbocycles. The molecule has 0 saturated carbocycles. The molecule has 3 N–H and O–H groups in total. The fraction of sp³-hybridized carbons (Fsp3) is 0. The minimum absolute atomic E-state index is 0.00275. The average molecular weight is 396 g/mol. The summed E-state index contributed by atoms with van der Waals surface area (Å²) in [6.45, 7) is 0. The van der Waals surface area contributed by atoms with Gasteiger partial charge in [0.05, 0.1) is 33.2 Å². The summed E-state index contributed by atoms with van der Waals surface area (Å²) in [5, 5.41) is 13.6. The molecule has 6 nitrogen and oxygen atoms in total. The molecule has 132 valence electrons. The van der Waals surface area contributed by atoms with Gasteiger partial charge in [0.2, 0.25) is 0 Å². The van der Waals surface area contributed by atoms with Crippen molar-refractivity contribution >= 4 is 34.7 Å². The molecule has 3 aromatic heterocycles. The first-order chi connectivity index (χ1) is 13.1. The van der Waals surface area contributed by atoms with Gasteiger partial charge in [0, 0.05) is 23.5 Å². The zero-order valence-electron chi connectivity index (χ0n) is 13.7. The van der Waals surface area contributed by atoms with Gasteiger partial charge in [0.15, 0.2) is 0 Å². The highest BCUT2D eigenvalue weighted by atomic mass is 35.5. The molecule has 0 unspecified atom stereocenters. The van der Waals surface area contributed by atoms with E-state index in [9.17, 15) is 5.11 Å². The number of hydrogen-bond acceptors (Lipinski definition) is 5. The number of imidazole rings is 1. The van der Waals surface area contributed by atoms with Crippen LogP contribution in [0.25, 0.3) is 33.9 Å². The van der Waals surface area contributed by atoms with Gasteiger partial charge in [-0.1, -0.05) is 23.2 Å². The van der Waals surface area contributed by atoms with E-state index in [2.05, 4.69) is 20.3 Å². The minimum atomic E-state index is -0.00275. The van der Waals surface area contributed by atoms with Crippen molar-refractivity contribution in [3.63, 3.8) is 0 Å². The molecule has 4 aromatic rings. The number of aromatic amines is 1. The number of nitrogens with one attached hydrogen (secondary N) is 2. The molecule has 1 aliphatic heterocycles. The van der Waals surface area contributed by atoms with E-state index in [0.29, 0.717) is 27.3 Å². The molecule has 0 atom stereocenters. The van der Waals surface area contributed by atoms with Crippen LogP contribution in [-0.2, 0) is 0 Å². The molecule has 0 fully saturated rings. The molecule has 27 heavy (non-hydrogen) atoms. The van der Waals surface area contributed by atoms with Crippen LogP contribution in [0.2, 0.25) is 10.0 Å². The zero-order chi connectivity index (χ0) is 18.5. The number of phenols is 1. The maximum Gasteiger partial charge on any atom is 0.141 e. The van der Waals surface area contributed by atoms with Crippen molar-refractivity contribution in [2.45, 2.75) is 0 Å². The van der Waals surface area contributed by atoms with Crippen molar-refractivity contribution < 1.29 is 5.11 Å². The van der Waals surface area contributed by atoms with Crippen LogP contribution < -0.4 is 5.32 Å². The number of phenolic OH excluding ortho intramolecular Hbond substituents is 1. The number of halogens is 2. The number of aromatic nitrogens is 4. The number of benzene rings is 1. The van der Waals surface area contributed by atoms with Gasteiger partial charge < -0.3 is 15.4 Å². The van der Waals surface area contributed by atoms with Crippen molar-refractivity contribution in [1.82, 2.24) is 19.9 Å². The zero-order valence-corrected chi connectivity index (χ0v) is 15.2. The summed E-state index contributed by atoms with van der Waals surface area (Å²) in [5.41, 5.74) is 4.63. The Labute approximate surface area is 163 Å². The number of fused-ring (bicyclic) bond motifs is 5. The van der Waals surface area contributed by atoms with E-state index in [1.54, 1.807) is 18.6 Å². The summed E-state index contributed by atoms with van der Waals surface area (Å²) in [6.07, 6.45) is 5.17. The van der Waals surface area contributed by atoms with Gasteiger partial charge in [-0.05, 0) is 30.3 Å². The number of rotatable bonds is 1. The fourth-order valence-electron chi connectivity index (χ4n) is 3.20. The van der Waals surface area contributed by atoms with Gasteiger partial charge in [0.1, 0.15) is 23.1 Å². The van der Waals surface area contributed by atoms with Crippen molar-refractivity contribution in [3.05, 3.63) is 59.0 Å². The third-order valence-electron chi connectivity index (χ3n) is 4.37.